The van der Waals surface area contributed by atoms with Crippen molar-refractivity contribution in [3.63, 3.8) is 0 Å². The quantitative estimate of drug-likeness (QED) is 0.785. The van der Waals surface area contributed by atoms with Gasteiger partial charge in [-0.3, -0.25) is 0 Å². The average molecular weight is 237 g/mol. The van der Waals surface area contributed by atoms with Gasteiger partial charge in [-0.15, -0.1) is 0 Å². The average Bonchev–Trinajstić information content (AvgIpc) is 2.25. The molecule has 0 bridgehead atoms. The number of hydrogen-bond donors (Lipinski definition) is 1. The first-order valence-electron chi connectivity index (χ1n) is 6.24. The molecule has 16 heavy (non-hydrogen) atoms. The summed E-state index contributed by atoms with van der Waals surface area (Å²) in [6, 6.07) is 0.0249. The Morgan fingerprint density at radius 2 is 1.88 bits per heavy atom. The van der Waals surface area contributed by atoms with Crippen LogP contribution in [0.15, 0.2) is 0 Å². The number of alkyl halides is 3. The molecule has 1 fully saturated rings. The molecule has 1 saturated carbocycles. The third-order valence-corrected chi connectivity index (χ3v) is 3.73. The van der Waals surface area contributed by atoms with Gasteiger partial charge in [-0.05, 0) is 32.2 Å². The molecule has 1 aliphatic rings. The summed E-state index contributed by atoms with van der Waals surface area (Å²) < 4.78 is 38.7. The smallest absolute Gasteiger partial charge is 0.317 e. The maximum absolute atomic E-state index is 12.9. The Hall–Kier alpha value is -0.250. The van der Waals surface area contributed by atoms with Gasteiger partial charge in [0.05, 0.1) is 5.92 Å². The molecular formula is C12H22F3N. The zero-order valence-corrected chi connectivity index (χ0v) is 10.1. The maximum Gasteiger partial charge on any atom is 0.392 e. The molecule has 4 heteroatoms. The number of hydrogen-bond acceptors (Lipinski definition) is 1. The van der Waals surface area contributed by atoms with E-state index < -0.39 is 12.1 Å². The molecule has 0 aromatic rings. The summed E-state index contributed by atoms with van der Waals surface area (Å²) in [6.45, 7) is 2.02. The fourth-order valence-electron chi connectivity index (χ4n) is 2.93. The van der Waals surface area contributed by atoms with Crippen LogP contribution in [0.5, 0.6) is 0 Å². The second-order valence-corrected chi connectivity index (χ2v) is 4.78. The van der Waals surface area contributed by atoms with Crippen molar-refractivity contribution in [3.8, 4) is 0 Å². The van der Waals surface area contributed by atoms with Crippen molar-refractivity contribution >= 4 is 0 Å². The van der Waals surface area contributed by atoms with Gasteiger partial charge in [0.1, 0.15) is 0 Å². The van der Waals surface area contributed by atoms with Crippen molar-refractivity contribution in [2.45, 2.75) is 57.7 Å². The van der Waals surface area contributed by atoms with E-state index in [0.29, 0.717) is 6.42 Å². The van der Waals surface area contributed by atoms with Gasteiger partial charge in [-0.1, -0.05) is 26.2 Å². The molecule has 96 valence electrons. The van der Waals surface area contributed by atoms with Crippen LogP contribution in [0.1, 0.15) is 45.4 Å². The first kappa shape index (κ1) is 13.8. The van der Waals surface area contributed by atoms with Gasteiger partial charge in [0.25, 0.3) is 0 Å². The van der Waals surface area contributed by atoms with Gasteiger partial charge < -0.3 is 5.32 Å². The Balaban J connectivity index is 2.72. The van der Waals surface area contributed by atoms with E-state index in [-0.39, 0.29) is 12.0 Å². The molecule has 0 radical (unpaired) electrons. The van der Waals surface area contributed by atoms with Gasteiger partial charge in [0, 0.05) is 6.04 Å². The monoisotopic (exact) mass is 237 g/mol. The van der Waals surface area contributed by atoms with E-state index in [4.69, 9.17) is 0 Å². The van der Waals surface area contributed by atoms with E-state index in [1.807, 2.05) is 6.92 Å². The Morgan fingerprint density at radius 3 is 2.38 bits per heavy atom. The van der Waals surface area contributed by atoms with Crippen molar-refractivity contribution in [1.82, 2.24) is 5.32 Å². The first-order valence-corrected chi connectivity index (χ1v) is 6.24. The highest BCUT2D eigenvalue weighted by molar-refractivity contribution is 4.87. The molecule has 0 aromatic carbocycles. The molecule has 3 atom stereocenters. The van der Waals surface area contributed by atoms with Crippen molar-refractivity contribution in [1.29, 1.82) is 0 Å². The Labute approximate surface area is 95.8 Å². The molecule has 0 aliphatic heterocycles. The maximum atomic E-state index is 12.9. The molecule has 0 aromatic heterocycles. The SMILES string of the molecule is CCCC(NC)C1CCCCC1C(F)(F)F. The fourth-order valence-corrected chi connectivity index (χ4v) is 2.93. The summed E-state index contributed by atoms with van der Waals surface area (Å²) in [5.74, 6) is -1.32. The van der Waals surface area contributed by atoms with Crippen LogP contribution in [0.2, 0.25) is 0 Å². The number of halogens is 3. The fraction of sp³-hybridized carbons (Fsp3) is 1.00. The molecule has 1 nitrogen and oxygen atoms in total. The summed E-state index contributed by atoms with van der Waals surface area (Å²) in [5, 5.41) is 3.07. The van der Waals surface area contributed by atoms with Gasteiger partial charge in [0.15, 0.2) is 0 Å². The second-order valence-electron chi connectivity index (χ2n) is 4.78. The largest absolute Gasteiger partial charge is 0.392 e. The van der Waals surface area contributed by atoms with E-state index in [0.717, 1.165) is 32.1 Å². The molecular weight excluding hydrogens is 215 g/mol. The van der Waals surface area contributed by atoms with E-state index in [1.165, 1.54) is 0 Å². The van der Waals surface area contributed by atoms with Crippen LogP contribution in [0, 0.1) is 11.8 Å². The highest BCUT2D eigenvalue weighted by Crippen LogP contribution is 2.43. The Kier molecular flexibility index (Phi) is 5.09. The molecule has 0 amide bonds. The molecule has 1 N–H and O–H groups in total. The summed E-state index contributed by atoms with van der Waals surface area (Å²) in [4.78, 5) is 0. The third kappa shape index (κ3) is 3.37. The van der Waals surface area contributed by atoms with Gasteiger partial charge in [-0.2, -0.15) is 13.2 Å². The normalized spacial score (nSPS) is 29.1. The van der Waals surface area contributed by atoms with E-state index >= 15 is 0 Å². The lowest BCUT2D eigenvalue weighted by Gasteiger charge is -2.38. The standard InChI is InChI=1S/C12H22F3N/c1-3-6-11(16-2)9-7-4-5-8-10(9)12(13,14)15/h9-11,16H,3-8H2,1-2H3. The Morgan fingerprint density at radius 1 is 1.25 bits per heavy atom. The van der Waals surface area contributed by atoms with Crippen molar-refractivity contribution < 1.29 is 13.2 Å². The predicted molar refractivity (Wildman–Crippen MR) is 59.3 cm³/mol. The summed E-state index contributed by atoms with van der Waals surface area (Å²) in [6.07, 6.45) is 0.461. The summed E-state index contributed by atoms with van der Waals surface area (Å²) >= 11 is 0. The number of rotatable bonds is 4. The van der Waals surface area contributed by atoms with Gasteiger partial charge in [-0.25, -0.2) is 0 Å². The van der Waals surface area contributed by atoms with E-state index in [2.05, 4.69) is 5.32 Å². The van der Waals surface area contributed by atoms with Crippen LogP contribution >= 0.6 is 0 Å². The summed E-state index contributed by atoms with van der Waals surface area (Å²) in [5.41, 5.74) is 0. The van der Waals surface area contributed by atoms with Crippen LogP contribution in [0.4, 0.5) is 13.2 Å². The van der Waals surface area contributed by atoms with Crippen LogP contribution in [-0.4, -0.2) is 19.3 Å². The van der Waals surface area contributed by atoms with Gasteiger partial charge in [0.2, 0.25) is 0 Å². The van der Waals surface area contributed by atoms with Crippen molar-refractivity contribution in [2.24, 2.45) is 11.8 Å². The van der Waals surface area contributed by atoms with Crippen LogP contribution in [0.3, 0.4) is 0 Å². The summed E-state index contributed by atoms with van der Waals surface area (Å²) in [7, 11) is 1.78. The lowest BCUT2D eigenvalue weighted by atomic mass is 9.74. The second kappa shape index (κ2) is 5.89. The van der Waals surface area contributed by atoms with Crippen LogP contribution in [0.25, 0.3) is 0 Å². The third-order valence-electron chi connectivity index (χ3n) is 3.73. The minimum Gasteiger partial charge on any atom is -0.317 e. The molecule has 1 aliphatic carbocycles. The molecule has 0 spiro atoms. The minimum absolute atomic E-state index is 0.0249. The molecule has 0 heterocycles. The van der Waals surface area contributed by atoms with E-state index in [9.17, 15) is 13.2 Å². The first-order chi connectivity index (χ1) is 7.50. The topological polar surface area (TPSA) is 12.0 Å². The van der Waals surface area contributed by atoms with Crippen molar-refractivity contribution in [2.75, 3.05) is 7.05 Å². The Bertz CT molecular complexity index is 203. The molecule has 1 rings (SSSR count). The van der Waals surface area contributed by atoms with Gasteiger partial charge >= 0.3 is 6.18 Å². The lowest BCUT2D eigenvalue weighted by molar-refractivity contribution is -0.199. The van der Waals surface area contributed by atoms with Crippen LogP contribution < -0.4 is 5.32 Å². The lowest BCUT2D eigenvalue weighted by Crippen LogP contribution is -2.44. The zero-order chi connectivity index (χ0) is 12.2. The zero-order valence-electron chi connectivity index (χ0n) is 10.1. The minimum atomic E-state index is -4.02. The predicted octanol–water partition coefficient (Wildman–Crippen LogP) is 3.74. The number of nitrogens with one attached hydrogen (secondary N) is 1. The van der Waals surface area contributed by atoms with Crippen LogP contribution in [-0.2, 0) is 0 Å². The highest BCUT2D eigenvalue weighted by Gasteiger charge is 2.47. The molecule has 0 saturated heterocycles. The highest BCUT2D eigenvalue weighted by atomic mass is 19.4. The van der Waals surface area contributed by atoms with E-state index in [1.54, 1.807) is 7.05 Å². The molecule has 3 unspecified atom stereocenters. The van der Waals surface area contributed by atoms with Crippen molar-refractivity contribution in [3.05, 3.63) is 0 Å².